The zero-order valence-corrected chi connectivity index (χ0v) is 12.1. The molecule has 19 heavy (non-hydrogen) atoms. The van der Waals surface area contributed by atoms with Crippen molar-refractivity contribution >= 4 is 23.6 Å². The van der Waals surface area contributed by atoms with Crippen LogP contribution >= 0.6 is 11.6 Å². The molecule has 2 amide bonds. The van der Waals surface area contributed by atoms with Gasteiger partial charge in [0.15, 0.2) is 0 Å². The van der Waals surface area contributed by atoms with Gasteiger partial charge in [-0.3, -0.25) is 4.79 Å². The smallest absolute Gasteiger partial charge is 0.425 e. The first-order valence-corrected chi connectivity index (χ1v) is 6.08. The van der Waals surface area contributed by atoms with Crippen LogP contribution in [0.5, 0.6) is 0 Å². The highest BCUT2D eigenvalue weighted by Crippen LogP contribution is 2.17. The minimum Gasteiger partial charge on any atom is -0.452 e. The molecule has 0 spiro atoms. The lowest BCUT2D eigenvalue weighted by Gasteiger charge is -2.34. The molecule has 0 heterocycles. The van der Waals surface area contributed by atoms with Crippen LogP contribution in [-0.2, 0) is 4.74 Å². The maximum Gasteiger partial charge on any atom is 0.425 e. The molecule has 5 nitrogen and oxygen atoms in total. The summed E-state index contributed by atoms with van der Waals surface area (Å²) in [6, 6.07) is 6.44. The second kappa shape index (κ2) is 5.93. The number of rotatable bonds is 1. The van der Waals surface area contributed by atoms with E-state index < -0.39 is 11.6 Å². The minimum atomic E-state index is -0.697. The molecule has 0 saturated heterocycles. The topological polar surface area (TPSA) is 58.6 Å². The number of hydrogen-bond donors (Lipinski definition) is 1. The van der Waals surface area contributed by atoms with Gasteiger partial charge in [-0.1, -0.05) is 11.6 Å². The van der Waals surface area contributed by atoms with Gasteiger partial charge in [0, 0.05) is 10.6 Å². The maximum absolute atomic E-state index is 12.4. The van der Waals surface area contributed by atoms with E-state index in [0.29, 0.717) is 10.6 Å². The molecule has 0 bridgehead atoms. The van der Waals surface area contributed by atoms with Crippen molar-refractivity contribution in [3.05, 3.63) is 34.9 Å². The molecule has 0 fully saturated rings. The van der Waals surface area contributed by atoms with Crippen molar-refractivity contribution in [3.8, 4) is 0 Å². The summed E-state index contributed by atoms with van der Waals surface area (Å²) < 4.78 is 4.52. The van der Waals surface area contributed by atoms with E-state index in [0.717, 1.165) is 0 Å². The van der Waals surface area contributed by atoms with E-state index in [1.807, 2.05) is 0 Å². The van der Waals surface area contributed by atoms with Crippen LogP contribution in [0.4, 0.5) is 4.79 Å². The van der Waals surface area contributed by atoms with Crippen LogP contribution in [0.15, 0.2) is 24.3 Å². The number of ether oxygens (including phenoxy) is 1. The van der Waals surface area contributed by atoms with Crippen LogP contribution < -0.4 is 5.43 Å². The van der Waals surface area contributed by atoms with E-state index in [-0.39, 0.29) is 5.91 Å². The summed E-state index contributed by atoms with van der Waals surface area (Å²) in [5.41, 5.74) is 2.24. The van der Waals surface area contributed by atoms with Gasteiger partial charge < -0.3 is 4.74 Å². The van der Waals surface area contributed by atoms with Crippen LogP contribution in [-0.4, -0.2) is 29.7 Å². The number of hydrogen-bond acceptors (Lipinski definition) is 3. The number of methoxy groups -OCH3 is 1. The third kappa shape index (κ3) is 4.13. The van der Waals surface area contributed by atoms with E-state index in [2.05, 4.69) is 10.2 Å². The number of carbonyl (C=O) groups excluding carboxylic acids is 2. The summed E-state index contributed by atoms with van der Waals surface area (Å²) >= 11 is 5.78. The molecule has 0 saturated carbocycles. The van der Waals surface area contributed by atoms with Crippen LogP contribution in [0.25, 0.3) is 0 Å². The summed E-state index contributed by atoms with van der Waals surface area (Å²) in [6.07, 6.45) is -0.697. The van der Waals surface area contributed by atoms with Gasteiger partial charge in [-0.05, 0) is 45.0 Å². The molecule has 0 aliphatic carbocycles. The summed E-state index contributed by atoms with van der Waals surface area (Å²) in [5.74, 6) is -0.338. The fourth-order valence-electron chi connectivity index (χ4n) is 1.38. The molecule has 1 aromatic carbocycles. The number of hydrazine groups is 1. The first-order valence-electron chi connectivity index (χ1n) is 5.70. The molecule has 1 N–H and O–H groups in total. The number of halogens is 1. The van der Waals surface area contributed by atoms with Gasteiger partial charge in [-0.2, -0.15) is 0 Å². The third-order valence-electron chi connectivity index (χ3n) is 2.35. The molecule has 104 valence electrons. The number of nitrogens with zero attached hydrogens (tertiary/aromatic N) is 1. The van der Waals surface area contributed by atoms with Crippen molar-refractivity contribution in [2.45, 2.75) is 26.3 Å². The highest BCUT2D eigenvalue weighted by Gasteiger charge is 2.29. The Kier molecular flexibility index (Phi) is 4.78. The number of carbonyl (C=O) groups is 2. The summed E-state index contributed by atoms with van der Waals surface area (Å²) in [7, 11) is 1.24. The molecular weight excluding hydrogens is 268 g/mol. The van der Waals surface area contributed by atoms with Gasteiger partial charge in [-0.15, -0.1) is 0 Å². The molecule has 6 heteroatoms. The molecule has 0 radical (unpaired) electrons. The highest BCUT2D eigenvalue weighted by atomic mass is 35.5. The number of amides is 2. The lowest BCUT2D eigenvalue weighted by atomic mass is 10.1. The normalized spacial score (nSPS) is 10.8. The van der Waals surface area contributed by atoms with E-state index >= 15 is 0 Å². The summed E-state index contributed by atoms with van der Waals surface area (Å²) in [6.45, 7) is 5.41. The van der Waals surface area contributed by atoms with Crippen LogP contribution in [0.2, 0.25) is 5.02 Å². The Hall–Kier alpha value is -1.75. The van der Waals surface area contributed by atoms with Gasteiger partial charge in [0.1, 0.15) is 0 Å². The standard InChI is InChI=1S/C13H17ClN2O3/c1-13(2,3)16(15-12(18)19-4)11(17)9-5-7-10(14)8-6-9/h5-8H,1-4H3,(H,15,18). The average Bonchev–Trinajstić information content (AvgIpc) is 2.34. The fraction of sp³-hybridized carbons (Fsp3) is 0.385. The van der Waals surface area contributed by atoms with Crippen molar-refractivity contribution in [1.82, 2.24) is 10.4 Å². The Morgan fingerprint density at radius 2 is 1.74 bits per heavy atom. The lowest BCUT2D eigenvalue weighted by molar-refractivity contribution is 0.0379. The maximum atomic E-state index is 12.4. The van der Waals surface area contributed by atoms with Crippen molar-refractivity contribution in [3.63, 3.8) is 0 Å². The van der Waals surface area contributed by atoms with E-state index in [9.17, 15) is 9.59 Å². The van der Waals surface area contributed by atoms with Gasteiger partial charge >= 0.3 is 6.09 Å². The number of nitrogens with one attached hydrogen (secondary N) is 1. The quantitative estimate of drug-likeness (QED) is 0.807. The van der Waals surface area contributed by atoms with E-state index in [1.54, 1.807) is 45.0 Å². The predicted molar refractivity (Wildman–Crippen MR) is 72.9 cm³/mol. The van der Waals surface area contributed by atoms with Crippen molar-refractivity contribution in [2.75, 3.05) is 7.11 Å². The van der Waals surface area contributed by atoms with Gasteiger partial charge in [0.2, 0.25) is 0 Å². The third-order valence-corrected chi connectivity index (χ3v) is 2.61. The zero-order chi connectivity index (χ0) is 14.6. The van der Waals surface area contributed by atoms with Crippen molar-refractivity contribution in [1.29, 1.82) is 0 Å². The SMILES string of the molecule is COC(=O)NN(C(=O)c1ccc(Cl)cc1)C(C)(C)C. The lowest BCUT2D eigenvalue weighted by Crippen LogP contribution is -2.55. The second-order valence-corrected chi connectivity index (χ2v) is 5.36. The Morgan fingerprint density at radius 3 is 2.16 bits per heavy atom. The summed E-state index contributed by atoms with van der Waals surface area (Å²) in [4.78, 5) is 23.7. The van der Waals surface area contributed by atoms with E-state index in [4.69, 9.17) is 11.6 Å². The Balaban J connectivity index is 3.01. The van der Waals surface area contributed by atoms with Crippen molar-refractivity contribution < 1.29 is 14.3 Å². The zero-order valence-electron chi connectivity index (χ0n) is 11.4. The minimum absolute atomic E-state index is 0.338. The van der Waals surface area contributed by atoms with Crippen LogP contribution in [0.1, 0.15) is 31.1 Å². The second-order valence-electron chi connectivity index (χ2n) is 4.92. The Morgan fingerprint density at radius 1 is 1.21 bits per heavy atom. The average molecular weight is 285 g/mol. The molecule has 0 aromatic heterocycles. The molecule has 1 rings (SSSR count). The molecule has 0 aliphatic rings. The van der Waals surface area contributed by atoms with Crippen molar-refractivity contribution in [2.24, 2.45) is 0 Å². The number of benzene rings is 1. The van der Waals surface area contributed by atoms with Gasteiger partial charge in [0.25, 0.3) is 5.91 Å². The molecule has 0 unspecified atom stereocenters. The van der Waals surface area contributed by atoms with Gasteiger partial charge in [0.05, 0.1) is 12.6 Å². The highest BCUT2D eigenvalue weighted by molar-refractivity contribution is 6.30. The Labute approximate surface area is 117 Å². The molecule has 1 aromatic rings. The monoisotopic (exact) mass is 284 g/mol. The van der Waals surface area contributed by atoms with Gasteiger partial charge in [-0.25, -0.2) is 15.2 Å². The predicted octanol–water partition coefficient (Wildman–Crippen LogP) is 2.85. The first kappa shape index (κ1) is 15.3. The fourth-order valence-corrected chi connectivity index (χ4v) is 1.51. The molecular formula is C13H17ClN2O3. The molecule has 0 aliphatic heterocycles. The summed E-state index contributed by atoms with van der Waals surface area (Å²) in [5, 5.41) is 1.77. The van der Waals surface area contributed by atoms with Crippen LogP contribution in [0, 0.1) is 0 Å². The Bertz CT molecular complexity index is 466. The van der Waals surface area contributed by atoms with E-state index in [1.165, 1.54) is 12.1 Å². The first-order chi connectivity index (χ1) is 8.75. The van der Waals surface area contributed by atoms with Crippen LogP contribution in [0.3, 0.4) is 0 Å². The molecule has 0 atom stereocenters. The largest absolute Gasteiger partial charge is 0.452 e.